The molecule has 3 atom stereocenters. The van der Waals surface area contributed by atoms with Crippen LogP contribution in [0.4, 0.5) is 4.39 Å². The lowest BCUT2D eigenvalue weighted by atomic mass is 9.95. The minimum Gasteiger partial charge on any atom is -0.310 e. The second-order valence-electron chi connectivity index (χ2n) is 5.41. The zero-order valence-electron chi connectivity index (χ0n) is 9.76. The van der Waals surface area contributed by atoms with Gasteiger partial charge >= 0.3 is 0 Å². The predicted molar refractivity (Wildman–Crippen MR) is 70.2 cm³/mol. The van der Waals surface area contributed by atoms with Gasteiger partial charge in [-0.2, -0.15) is 0 Å². The lowest BCUT2D eigenvalue weighted by Gasteiger charge is -2.23. The second-order valence-corrected chi connectivity index (χ2v) is 6.27. The fourth-order valence-electron chi connectivity index (χ4n) is 3.39. The first-order valence-electron chi connectivity index (χ1n) is 6.39. The van der Waals surface area contributed by atoms with Gasteiger partial charge in [-0.1, -0.05) is 12.5 Å². The zero-order chi connectivity index (χ0) is 11.8. The lowest BCUT2D eigenvalue weighted by molar-refractivity contribution is 0.350. The Morgan fingerprint density at radius 2 is 2.18 bits per heavy atom. The van der Waals surface area contributed by atoms with Crippen molar-refractivity contribution in [1.82, 2.24) is 5.32 Å². The Labute approximate surface area is 110 Å². The molecule has 2 saturated carbocycles. The van der Waals surface area contributed by atoms with E-state index >= 15 is 0 Å². The number of fused-ring (bicyclic) bond motifs is 2. The Balaban J connectivity index is 1.59. The van der Waals surface area contributed by atoms with Gasteiger partial charge in [0.1, 0.15) is 5.82 Å². The number of benzene rings is 1. The molecule has 2 fully saturated rings. The topological polar surface area (TPSA) is 12.0 Å². The van der Waals surface area contributed by atoms with Crippen molar-refractivity contribution in [3.63, 3.8) is 0 Å². The normalized spacial score (nSPS) is 31.1. The van der Waals surface area contributed by atoms with E-state index in [1.807, 2.05) is 12.1 Å². The summed E-state index contributed by atoms with van der Waals surface area (Å²) in [7, 11) is 0. The summed E-state index contributed by atoms with van der Waals surface area (Å²) in [5.74, 6) is 1.68. The molecular formula is C14H17BrFN. The molecule has 1 aromatic rings. The molecule has 2 bridgehead atoms. The van der Waals surface area contributed by atoms with Crippen LogP contribution in [-0.2, 0) is 6.54 Å². The summed E-state index contributed by atoms with van der Waals surface area (Å²) in [6.45, 7) is 0.854. The van der Waals surface area contributed by atoms with Gasteiger partial charge in [0.2, 0.25) is 0 Å². The molecule has 92 valence electrons. The van der Waals surface area contributed by atoms with Crippen LogP contribution >= 0.6 is 15.9 Å². The summed E-state index contributed by atoms with van der Waals surface area (Å²) in [5.41, 5.74) is 1.15. The fraction of sp³-hybridized carbons (Fsp3) is 0.571. The van der Waals surface area contributed by atoms with E-state index in [9.17, 15) is 4.39 Å². The molecule has 0 aliphatic heterocycles. The van der Waals surface area contributed by atoms with Crippen molar-refractivity contribution in [3.05, 3.63) is 34.1 Å². The number of nitrogens with one attached hydrogen (secondary N) is 1. The SMILES string of the molecule is Fc1ccc(CNC2CC3CCC2C3)cc1Br. The molecule has 1 aromatic carbocycles. The maximum absolute atomic E-state index is 13.1. The number of hydrogen-bond donors (Lipinski definition) is 1. The molecule has 0 heterocycles. The van der Waals surface area contributed by atoms with Gasteiger partial charge in [0.25, 0.3) is 0 Å². The summed E-state index contributed by atoms with van der Waals surface area (Å²) >= 11 is 3.23. The molecule has 0 radical (unpaired) electrons. The Morgan fingerprint density at radius 1 is 1.29 bits per heavy atom. The van der Waals surface area contributed by atoms with Crippen molar-refractivity contribution >= 4 is 15.9 Å². The smallest absolute Gasteiger partial charge is 0.137 e. The standard InChI is InChI=1S/C14H17BrFN/c15-12-6-10(2-4-13(12)16)8-17-14-7-9-1-3-11(14)5-9/h2,4,6,9,11,14,17H,1,3,5,7-8H2. The highest BCUT2D eigenvalue weighted by molar-refractivity contribution is 9.10. The maximum Gasteiger partial charge on any atom is 0.137 e. The molecule has 3 heteroatoms. The van der Waals surface area contributed by atoms with Crippen LogP contribution in [0.25, 0.3) is 0 Å². The molecule has 0 aromatic heterocycles. The van der Waals surface area contributed by atoms with Gasteiger partial charge < -0.3 is 5.32 Å². The summed E-state index contributed by atoms with van der Waals surface area (Å²) in [6.07, 6.45) is 5.60. The predicted octanol–water partition coefficient (Wildman–Crippen LogP) is 3.87. The van der Waals surface area contributed by atoms with Gasteiger partial charge in [0, 0.05) is 12.6 Å². The molecule has 0 saturated heterocycles. The first-order valence-corrected chi connectivity index (χ1v) is 7.19. The van der Waals surface area contributed by atoms with Crippen LogP contribution < -0.4 is 5.32 Å². The van der Waals surface area contributed by atoms with E-state index in [1.54, 1.807) is 0 Å². The molecule has 2 aliphatic rings. The lowest BCUT2D eigenvalue weighted by Crippen LogP contribution is -2.33. The summed E-state index contributed by atoms with van der Waals surface area (Å²) in [6, 6.07) is 5.95. The van der Waals surface area contributed by atoms with Gasteiger partial charge in [-0.3, -0.25) is 0 Å². The summed E-state index contributed by atoms with van der Waals surface area (Å²) in [4.78, 5) is 0. The van der Waals surface area contributed by atoms with E-state index < -0.39 is 0 Å². The number of hydrogen-bond acceptors (Lipinski definition) is 1. The molecule has 0 spiro atoms. The molecule has 3 unspecified atom stereocenters. The van der Waals surface area contributed by atoms with E-state index in [0.29, 0.717) is 10.5 Å². The average Bonchev–Trinajstić information content (AvgIpc) is 2.92. The first-order chi connectivity index (χ1) is 8.22. The monoisotopic (exact) mass is 297 g/mol. The van der Waals surface area contributed by atoms with Gasteiger partial charge in [-0.15, -0.1) is 0 Å². The van der Waals surface area contributed by atoms with Gasteiger partial charge in [-0.25, -0.2) is 4.39 Å². The third-order valence-electron chi connectivity index (χ3n) is 4.29. The minimum atomic E-state index is -0.186. The Bertz CT molecular complexity index is 421. The van der Waals surface area contributed by atoms with Crippen molar-refractivity contribution in [3.8, 4) is 0 Å². The summed E-state index contributed by atoms with van der Waals surface area (Å²) < 4.78 is 13.7. The Hall–Kier alpha value is -0.410. The third kappa shape index (κ3) is 2.41. The quantitative estimate of drug-likeness (QED) is 0.893. The number of halogens is 2. The van der Waals surface area contributed by atoms with Crippen LogP contribution in [0.1, 0.15) is 31.2 Å². The van der Waals surface area contributed by atoms with E-state index in [-0.39, 0.29) is 5.82 Å². The maximum atomic E-state index is 13.1. The van der Waals surface area contributed by atoms with Gasteiger partial charge in [-0.05, 0) is 64.7 Å². The van der Waals surface area contributed by atoms with Crippen LogP contribution in [0, 0.1) is 17.7 Å². The van der Waals surface area contributed by atoms with E-state index in [0.717, 1.165) is 23.9 Å². The molecule has 2 aliphatic carbocycles. The van der Waals surface area contributed by atoms with Crippen molar-refractivity contribution in [2.45, 2.75) is 38.3 Å². The highest BCUT2D eigenvalue weighted by atomic mass is 79.9. The van der Waals surface area contributed by atoms with Gasteiger partial charge in [0.05, 0.1) is 4.47 Å². The fourth-order valence-corrected chi connectivity index (χ4v) is 3.82. The third-order valence-corrected chi connectivity index (χ3v) is 4.90. The van der Waals surface area contributed by atoms with Crippen LogP contribution in [0.2, 0.25) is 0 Å². The molecule has 1 N–H and O–H groups in total. The Kier molecular flexibility index (Phi) is 3.22. The minimum absolute atomic E-state index is 0.186. The van der Waals surface area contributed by atoms with Crippen molar-refractivity contribution < 1.29 is 4.39 Å². The van der Waals surface area contributed by atoms with E-state index in [1.165, 1.54) is 31.7 Å². The zero-order valence-corrected chi connectivity index (χ0v) is 11.3. The average molecular weight is 298 g/mol. The molecular weight excluding hydrogens is 281 g/mol. The first kappa shape index (κ1) is 11.7. The molecule has 3 rings (SSSR count). The van der Waals surface area contributed by atoms with Crippen LogP contribution in [-0.4, -0.2) is 6.04 Å². The van der Waals surface area contributed by atoms with E-state index in [2.05, 4.69) is 21.2 Å². The van der Waals surface area contributed by atoms with Crippen LogP contribution in [0.15, 0.2) is 22.7 Å². The molecule has 17 heavy (non-hydrogen) atoms. The molecule has 1 nitrogen and oxygen atoms in total. The van der Waals surface area contributed by atoms with Crippen LogP contribution in [0.3, 0.4) is 0 Å². The van der Waals surface area contributed by atoms with E-state index in [4.69, 9.17) is 0 Å². The highest BCUT2D eigenvalue weighted by Gasteiger charge is 2.38. The van der Waals surface area contributed by atoms with Gasteiger partial charge in [0.15, 0.2) is 0 Å². The van der Waals surface area contributed by atoms with Crippen molar-refractivity contribution in [1.29, 1.82) is 0 Å². The second kappa shape index (κ2) is 4.69. The van der Waals surface area contributed by atoms with Crippen LogP contribution in [0.5, 0.6) is 0 Å². The summed E-state index contributed by atoms with van der Waals surface area (Å²) in [5, 5.41) is 3.63. The highest BCUT2D eigenvalue weighted by Crippen LogP contribution is 2.44. The Morgan fingerprint density at radius 3 is 2.82 bits per heavy atom. The molecule has 0 amide bonds. The van der Waals surface area contributed by atoms with Crippen molar-refractivity contribution in [2.75, 3.05) is 0 Å². The number of rotatable bonds is 3. The largest absolute Gasteiger partial charge is 0.310 e. The van der Waals surface area contributed by atoms with Crippen molar-refractivity contribution in [2.24, 2.45) is 11.8 Å².